The van der Waals surface area contributed by atoms with Crippen molar-refractivity contribution in [1.82, 2.24) is 10.6 Å². The number of hydrogen-bond donors (Lipinski definition) is 2. The van der Waals surface area contributed by atoms with E-state index in [0.717, 1.165) is 19.4 Å². The Morgan fingerprint density at radius 1 is 1.22 bits per heavy atom. The Hall–Kier alpha value is -0.750. The monoisotopic (exact) mass is 276 g/mol. The molecule has 1 unspecified atom stereocenters. The fourth-order valence-corrected chi connectivity index (χ4v) is 2.15. The summed E-state index contributed by atoms with van der Waals surface area (Å²) in [4.78, 5) is 22.8. The molecule has 106 valence electrons. The van der Waals surface area contributed by atoms with Crippen molar-refractivity contribution in [2.24, 2.45) is 0 Å². The molecule has 0 heterocycles. The Morgan fingerprint density at radius 2 is 1.89 bits per heavy atom. The number of carbonyl (C=O) groups is 2. The first kappa shape index (κ1) is 17.2. The Labute approximate surface area is 113 Å². The minimum absolute atomic E-state index is 0.0148. The molecular weight excluding hydrogens is 252 g/mol. The van der Waals surface area contributed by atoms with Crippen molar-refractivity contribution in [3.05, 3.63) is 0 Å². The molecule has 0 aromatic heterocycles. The summed E-state index contributed by atoms with van der Waals surface area (Å²) < 4.78 is 4.72. The van der Waals surface area contributed by atoms with Crippen LogP contribution in [0.15, 0.2) is 0 Å². The van der Waals surface area contributed by atoms with E-state index in [0.29, 0.717) is 18.1 Å². The van der Waals surface area contributed by atoms with Gasteiger partial charge in [0.2, 0.25) is 5.91 Å². The molecule has 0 radical (unpaired) electrons. The quantitative estimate of drug-likeness (QED) is 0.577. The molecule has 0 saturated carbocycles. The maximum atomic E-state index is 11.5. The van der Waals surface area contributed by atoms with E-state index in [2.05, 4.69) is 10.6 Å². The lowest BCUT2D eigenvalue weighted by Crippen LogP contribution is -2.40. The lowest BCUT2D eigenvalue weighted by Gasteiger charge is -2.15. The summed E-state index contributed by atoms with van der Waals surface area (Å²) in [6.07, 6.45) is 1.88. The predicted molar refractivity (Wildman–Crippen MR) is 74.7 cm³/mol. The Morgan fingerprint density at radius 3 is 2.44 bits per heavy atom. The van der Waals surface area contributed by atoms with E-state index in [4.69, 9.17) is 4.74 Å². The van der Waals surface area contributed by atoms with Gasteiger partial charge in [-0.1, -0.05) is 13.8 Å². The smallest absolute Gasteiger partial charge is 0.323 e. The summed E-state index contributed by atoms with van der Waals surface area (Å²) in [7, 11) is 1.38. The molecular formula is C12H24N2O3S. The van der Waals surface area contributed by atoms with Crippen LogP contribution < -0.4 is 10.6 Å². The highest BCUT2D eigenvalue weighted by Gasteiger charge is 2.18. The first-order chi connectivity index (χ1) is 8.65. The first-order valence-corrected chi connectivity index (χ1v) is 7.46. The van der Waals surface area contributed by atoms with Crippen LogP contribution >= 0.6 is 11.8 Å². The van der Waals surface area contributed by atoms with Crippen LogP contribution in [0.3, 0.4) is 0 Å². The number of carbonyl (C=O) groups excluding carboxylic acids is 2. The fourth-order valence-electron chi connectivity index (χ4n) is 1.26. The first-order valence-electron chi connectivity index (χ1n) is 6.31. The van der Waals surface area contributed by atoms with Gasteiger partial charge in [-0.25, -0.2) is 0 Å². The largest absolute Gasteiger partial charge is 0.468 e. The third-order valence-electron chi connectivity index (χ3n) is 2.22. The van der Waals surface area contributed by atoms with Crippen LogP contribution in [-0.4, -0.2) is 49.6 Å². The predicted octanol–water partition coefficient (Wildman–Crippen LogP) is 0.787. The number of amides is 1. The molecule has 0 aromatic rings. The van der Waals surface area contributed by atoms with Crippen LogP contribution in [0.4, 0.5) is 0 Å². The van der Waals surface area contributed by atoms with E-state index < -0.39 is 0 Å². The van der Waals surface area contributed by atoms with E-state index in [1.165, 1.54) is 18.9 Å². The molecule has 2 N–H and O–H groups in total. The number of nitrogens with one attached hydrogen (secondary N) is 2. The lowest BCUT2D eigenvalue weighted by atomic mass is 10.3. The molecule has 0 saturated heterocycles. The minimum Gasteiger partial charge on any atom is -0.468 e. The highest BCUT2D eigenvalue weighted by Crippen LogP contribution is 2.04. The number of thioether (sulfide) groups is 1. The zero-order valence-electron chi connectivity index (χ0n) is 11.5. The van der Waals surface area contributed by atoms with Gasteiger partial charge in [0, 0.05) is 12.3 Å². The molecule has 1 atom stereocenters. The fraction of sp³-hybridized carbons (Fsp3) is 0.833. The lowest BCUT2D eigenvalue weighted by molar-refractivity contribution is -0.142. The summed E-state index contributed by atoms with van der Waals surface area (Å²) in [5.41, 5.74) is 0. The summed E-state index contributed by atoms with van der Waals surface area (Å²) in [5, 5.41) is 5.91. The zero-order valence-corrected chi connectivity index (χ0v) is 12.3. The number of esters is 1. The van der Waals surface area contributed by atoms with Crippen LogP contribution in [0.1, 0.15) is 26.7 Å². The molecule has 18 heavy (non-hydrogen) atoms. The molecule has 6 heteroatoms. The van der Waals surface area contributed by atoms with Gasteiger partial charge in [0.15, 0.2) is 0 Å². The van der Waals surface area contributed by atoms with Gasteiger partial charge >= 0.3 is 5.97 Å². The summed E-state index contributed by atoms with van der Waals surface area (Å²) >= 11 is 1.44. The van der Waals surface area contributed by atoms with Crippen molar-refractivity contribution in [1.29, 1.82) is 0 Å². The van der Waals surface area contributed by atoms with Crippen LogP contribution in [0, 0.1) is 0 Å². The normalized spacial score (nSPS) is 11.9. The molecule has 0 aliphatic heterocycles. The summed E-state index contributed by atoms with van der Waals surface area (Å²) in [5.74, 6) is 0.666. The Balaban J connectivity index is 3.88. The van der Waals surface area contributed by atoms with Gasteiger partial charge in [-0.15, -0.1) is 11.8 Å². The van der Waals surface area contributed by atoms with Gasteiger partial charge in [0.25, 0.3) is 0 Å². The van der Waals surface area contributed by atoms with E-state index in [9.17, 15) is 9.59 Å². The van der Waals surface area contributed by atoms with E-state index in [1.54, 1.807) is 0 Å². The zero-order chi connectivity index (χ0) is 13.8. The van der Waals surface area contributed by atoms with Crippen molar-refractivity contribution in [2.75, 3.05) is 31.7 Å². The van der Waals surface area contributed by atoms with Crippen LogP contribution in [0.25, 0.3) is 0 Å². The molecule has 1 amide bonds. The second-order valence-corrected chi connectivity index (χ2v) is 4.93. The molecule has 0 aromatic carbocycles. The van der Waals surface area contributed by atoms with Crippen molar-refractivity contribution < 1.29 is 14.3 Å². The van der Waals surface area contributed by atoms with Gasteiger partial charge in [-0.3, -0.25) is 9.59 Å². The third kappa shape index (κ3) is 8.36. The minimum atomic E-state index is -0.334. The van der Waals surface area contributed by atoms with E-state index >= 15 is 0 Å². The van der Waals surface area contributed by atoms with Crippen molar-refractivity contribution in [3.8, 4) is 0 Å². The highest BCUT2D eigenvalue weighted by molar-refractivity contribution is 8.00. The molecule has 0 rings (SSSR count). The summed E-state index contributed by atoms with van der Waals surface area (Å²) in [6, 6.07) is -0.334. The molecule has 0 bridgehead atoms. The number of rotatable bonds is 10. The molecule has 0 fully saturated rings. The van der Waals surface area contributed by atoms with Gasteiger partial charge in [-0.2, -0.15) is 0 Å². The number of methoxy groups -OCH3 is 1. The standard InChI is InChI=1S/C12H24N2O3S/c1-4-6-13-10(12(16)17-3)8-18-9-11(15)14-7-5-2/h10,13H,4-9H2,1-3H3,(H,14,15). The molecule has 5 nitrogen and oxygen atoms in total. The SMILES string of the molecule is CCCNC(=O)CSCC(NCCC)C(=O)OC. The second-order valence-electron chi connectivity index (χ2n) is 3.89. The maximum Gasteiger partial charge on any atom is 0.323 e. The van der Waals surface area contributed by atoms with Crippen LogP contribution in [-0.2, 0) is 14.3 Å². The van der Waals surface area contributed by atoms with Gasteiger partial charge in [0.1, 0.15) is 6.04 Å². The average molecular weight is 276 g/mol. The molecule has 0 aliphatic carbocycles. The number of ether oxygens (including phenoxy) is 1. The topological polar surface area (TPSA) is 67.4 Å². The Kier molecular flexibility index (Phi) is 10.9. The summed E-state index contributed by atoms with van der Waals surface area (Å²) in [6.45, 7) is 5.51. The maximum absolute atomic E-state index is 11.5. The third-order valence-corrected chi connectivity index (χ3v) is 3.25. The van der Waals surface area contributed by atoms with E-state index in [-0.39, 0.29) is 17.9 Å². The van der Waals surface area contributed by atoms with Crippen molar-refractivity contribution in [2.45, 2.75) is 32.7 Å². The average Bonchev–Trinajstić information content (AvgIpc) is 2.39. The van der Waals surface area contributed by atoms with E-state index in [1.807, 2.05) is 13.8 Å². The Bertz CT molecular complexity index is 249. The van der Waals surface area contributed by atoms with Crippen LogP contribution in [0.5, 0.6) is 0 Å². The van der Waals surface area contributed by atoms with Gasteiger partial charge in [-0.05, 0) is 19.4 Å². The van der Waals surface area contributed by atoms with Gasteiger partial charge < -0.3 is 15.4 Å². The molecule has 0 spiro atoms. The van der Waals surface area contributed by atoms with Crippen molar-refractivity contribution >= 4 is 23.6 Å². The van der Waals surface area contributed by atoms with Gasteiger partial charge in [0.05, 0.1) is 12.9 Å². The molecule has 0 aliphatic rings. The second kappa shape index (κ2) is 11.3. The van der Waals surface area contributed by atoms with Crippen LogP contribution in [0.2, 0.25) is 0 Å². The highest BCUT2D eigenvalue weighted by atomic mass is 32.2. The van der Waals surface area contributed by atoms with Crippen molar-refractivity contribution in [3.63, 3.8) is 0 Å². The number of hydrogen-bond acceptors (Lipinski definition) is 5.